The minimum atomic E-state index is -0.356. The lowest BCUT2D eigenvalue weighted by molar-refractivity contribution is -0.121. The summed E-state index contributed by atoms with van der Waals surface area (Å²) < 4.78 is 16.0. The van der Waals surface area contributed by atoms with Gasteiger partial charge in [0, 0.05) is 18.0 Å². The quantitative estimate of drug-likeness (QED) is 0.734. The molecule has 1 N–H and O–H groups in total. The van der Waals surface area contributed by atoms with Crippen molar-refractivity contribution >= 4 is 22.8 Å². The second kappa shape index (κ2) is 7.35. The highest BCUT2D eigenvalue weighted by Crippen LogP contribution is 2.29. The number of ether oxygens (including phenoxy) is 1. The summed E-state index contributed by atoms with van der Waals surface area (Å²) in [5, 5.41) is 3.51. The van der Waals surface area contributed by atoms with Crippen molar-refractivity contribution in [2.45, 2.75) is 13.5 Å². The highest BCUT2D eigenvalue weighted by molar-refractivity contribution is 6.00. The largest absolute Gasteiger partial charge is 0.497 e. The zero-order valence-electron chi connectivity index (χ0n) is 14.9. The van der Waals surface area contributed by atoms with Gasteiger partial charge in [0.15, 0.2) is 5.76 Å². The normalized spacial score (nSPS) is 10.7. The number of carbonyl (C=O) groups is 2. The van der Waals surface area contributed by atoms with Gasteiger partial charge in [-0.3, -0.25) is 9.59 Å². The van der Waals surface area contributed by atoms with E-state index >= 15 is 0 Å². The minimum Gasteiger partial charge on any atom is -0.497 e. The second-order valence-corrected chi connectivity index (χ2v) is 5.94. The van der Waals surface area contributed by atoms with Crippen LogP contribution in [0, 0.1) is 6.92 Å². The van der Waals surface area contributed by atoms with Crippen LogP contribution in [-0.2, 0) is 11.3 Å². The number of methoxy groups -OCH3 is 1. The van der Waals surface area contributed by atoms with Crippen LogP contribution in [-0.4, -0.2) is 37.4 Å². The Bertz CT molecular complexity index is 927. The van der Waals surface area contributed by atoms with Crippen molar-refractivity contribution in [1.29, 1.82) is 0 Å². The van der Waals surface area contributed by atoms with Crippen molar-refractivity contribution in [3.8, 4) is 5.75 Å². The first-order valence-electron chi connectivity index (χ1n) is 8.11. The number of hydrogen-bond acceptors (Lipinski definition) is 5. The molecule has 0 atom stereocenters. The van der Waals surface area contributed by atoms with Crippen molar-refractivity contribution in [2.24, 2.45) is 0 Å². The van der Waals surface area contributed by atoms with E-state index in [2.05, 4.69) is 5.32 Å². The fraction of sp³-hybridized carbons (Fsp3) is 0.263. The van der Waals surface area contributed by atoms with Crippen LogP contribution in [0.2, 0.25) is 0 Å². The van der Waals surface area contributed by atoms with Crippen LogP contribution < -0.4 is 10.1 Å². The topological polar surface area (TPSA) is 84.9 Å². The number of nitrogens with zero attached hydrogens (tertiary/aromatic N) is 1. The Balaban J connectivity index is 1.68. The Kier molecular flexibility index (Phi) is 4.97. The van der Waals surface area contributed by atoms with E-state index in [1.54, 1.807) is 38.4 Å². The van der Waals surface area contributed by atoms with Crippen LogP contribution >= 0.6 is 0 Å². The van der Waals surface area contributed by atoms with E-state index in [1.807, 2.05) is 13.0 Å². The fourth-order valence-corrected chi connectivity index (χ4v) is 2.65. The third kappa shape index (κ3) is 3.56. The van der Waals surface area contributed by atoms with Gasteiger partial charge >= 0.3 is 0 Å². The fourth-order valence-electron chi connectivity index (χ4n) is 2.65. The summed E-state index contributed by atoms with van der Waals surface area (Å²) >= 11 is 0. The summed E-state index contributed by atoms with van der Waals surface area (Å²) in [6, 6.07) is 8.86. The molecule has 0 saturated heterocycles. The van der Waals surface area contributed by atoms with Gasteiger partial charge in [-0.25, -0.2) is 0 Å². The molecule has 0 radical (unpaired) electrons. The van der Waals surface area contributed by atoms with Gasteiger partial charge in [0.1, 0.15) is 17.1 Å². The minimum absolute atomic E-state index is 0.0840. The molecular formula is C19H20N2O5. The van der Waals surface area contributed by atoms with Crippen molar-refractivity contribution in [1.82, 2.24) is 10.2 Å². The Morgan fingerprint density at radius 3 is 2.77 bits per heavy atom. The number of benzene rings is 1. The number of amides is 2. The first-order chi connectivity index (χ1) is 12.5. The van der Waals surface area contributed by atoms with Crippen molar-refractivity contribution < 1.29 is 23.2 Å². The predicted octanol–water partition coefficient (Wildman–Crippen LogP) is 2.73. The maximum Gasteiger partial charge on any atom is 0.290 e. The third-order valence-corrected chi connectivity index (χ3v) is 4.10. The maximum atomic E-state index is 12.7. The summed E-state index contributed by atoms with van der Waals surface area (Å²) in [6.45, 7) is 2.00. The molecule has 1 aromatic carbocycles. The number of rotatable bonds is 6. The molecule has 0 bridgehead atoms. The van der Waals surface area contributed by atoms with Crippen LogP contribution in [0.5, 0.6) is 5.75 Å². The highest BCUT2D eigenvalue weighted by atomic mass is 16.5. The molecule has 3 rings (SSSR count). The molecule has 0 unspecified atom stereocenters. The van der Waals surface area contributed by atoms with Gasteiger partial charge < -0.3 is 23.8 Å². The monoisotopic (exact) mass is 356 g/mol. The van der Waals surface area contributed by atoms with Crippen LogP contribution in [0.15, 0.2) is 45.4 Å². The number of likely N-dealkylation sites (N-methyl/N-ethyl adjacent to an activating group) is 1. The van der Waals surface area contributed by atoms with Crippen LogP contribution in [0.1, 0.15) is 21.9 Å². The molecule has 136 valence electrons. The first-order valence-corrected chi connectivity index (χ1v) is 8.11. The predicted molar refractivity (Wildman–Crippen MR) is 95.0 cm³/mol. The second-order valence-electron chi connectivity index (χ2n) is 5.94. The molecule has 0 fully saturated rings. The molecule has 0 aliphatic carbocycles. The average molecular weight is 356 g/mol. The molecule has 3 aromatic rings. The number of carbonyl (C=O) groups excluding carboxylic acids is 2. The number of furan rings is 2. The average Bonchev–Trinajstić information content (AvgIpc) is 3.27. The molecule has 2 heterocycles. The molecule has 0 saturated carbocycles. The number of nitrogens with one attached hydrogen (secondary N) is 1. The lowest BCUT2D eigenvalue weighted by atomic mass is 10.1. The Morgan fingerprint density at radius 2 is 2.08 bits per heavy atom. The summed E-state index contributed by atoms with van der Waals surface area (Å²) in [5.41, 5.74) is 1.31. The summed E-state index contributed by atoms with van der Waals surface area (Å²) in [6.07, 6.45) is 1.54. The zero-order valence-corrected chi connectivity index (χ0v) is 14.9. The molecule has 26 heavy (non-hydrogen) atoms. The van der Waals surface area contributed by atoms with Gasteiger partial charge in [-0.15, -0.1) is 0 Å². The SMILES string of the molecule is COc1ccc2oc(C(=O)N(C)CC(=O)NCc3ccco3)c(C)c2c1. The lowest BCUT2D eigenvalue weighted by Crippen LogP contribution is -2.38. The van der Waals surface area contributed by atoms with Crippen molar-refractivity contribution in [3.63, 3.8) is 0 Å². The van der Waals surface area contributed by atoms with E-state index in [1.165, 1.54) is 11.2 Å². The van der Waals surface area contributed by atoms with Gasteiger partial charge in [-0.05, 0) is 37.3 Å². The van der Waals surface area contributed by atoms with Gasteiger partial charge in [0.25, 0.3) is 5.91 Å². The molecule has 7 heteroatoms. The van der Waals surface area contributed by atoms with E-state index in [-0.39, 0.29) is 30.7 Å². The third-order valence-electron chi connectivity index (χ3n) is 4.10. The smallest absolute Gasteiger partial charge is 0.290 e. The molecule has 2 amide bonds. The Labute approximate surface area is 150 Å². The van der Waals surface area contributed by atoms with Crippen molar-refractivity contribution in [3.05, 3.63) is 53.7 Å². The van der Waals surface area contributed by atoms with Gasteiger partial charge in [0.05, 0.1) is 26.5 Å². The standard InChI is InChI=1S/C19H20N2O5/c1-12-15-9-13(24-3)6-7-16(15)26-18(12)19(23)21(2)11-17(22)20-10-14-5-4-8-25-14/h4-9H,10-11H2,1-3H3,(H,20,22). The van der Waals surface area contributed by atoms with E-state index in [4.69, 9.17) is 13.6 Å². The van der Waals surface area contributed by atoms with Gasteiger partial charge in [-0.2, -0.15) is 0 Å². The summed E-state index contributed by atoms with van der Waals surface area (Å²) in [7, 11) is 3.14. The van der Waals surface area contributed by atoms with Crippen molar-refractivity contribution in [2.75, 3.05) is 20.7 Å². The van der Waals surface area contributed by atoms with Crippen LogP contribution in [0.4, 0.5) is 0 Å². The van der Waals surface area contributed by atoms with Gasteiger partial charge in [-0.1, -0.05) is 0 Å². The molecular weight excluding hydrogens is 336 g/mol. The van der Waals surface area contributed by atoms with Gasteiger partial charge in [0.2, 0.25) is 5.91 Å². The molecule has 7 nitrogen and oxygen atoms in total. The van der Waals surface area contributed by atoms with E-state index in [9.17, 15) is 9.59 Å². The Morgan fingerprint density at radius 1 is 1.27 bits per heavy atom. The summed E-state index contributed by atoms with van der Waals surface area (Å²) in [5.74, 6) is 0.911. The molecule has 0 aliphatic heterocycles. The molecule has 2 aromatic heterocycles. The summed E-state index contributed by atoms with van der Waals surface area (Å²) in [4.78, 5) is 26.0. The van der Waals surface area contributed by atoms with Crippen LogP contribution in [0.25, 0.3) is 11.0 Å². The van der Waals surface area contributed by atoms with E-state index in [0.29, 0.717) is 22.7 Å². The number of fused-ring (bicyclic) bond motifs is 1. The van der Waals surface area contributed by atoms with E-state index in [0.717, 1.165) is 5.39 Å². The van der Waals surface area contributed by atoms with Crippen LogP contribution in [0.3, 0.4) is 0 Å². The Hall–Kier alpha value is -3.22. The molecule has 0 spiro atoms. The number of hydrogen-bond donors (Lipinski definition) is 1. The van der Waals surface area contributed by atoms with E-state index < -0.39 is 0 Å². The lowest BCUT2D eigenvalue weighted by Gasteiger charge is -2.15. The molecule has 0 aliphatic rings. The first kappa shape index (κ1) is 17.6. The zero-order chi connectivity index (χ0) is 18.7. The number of aryl methyl sites for hydroxylation is 1. The maximum absolute atomic E-state index is 12.7. The highest BCUT2D eigenvalue weighted by Gasteiger charge is 2.22.